The number of hydrogen-bond acceptors (Lipinski definition) is 3. The van der Waals surface area contributed by atoms with Gasteiger partial charge in [0.15, 0.2) is 0 Å². The van der Waals surface area contributed by atoms with Crippen molar-refractivity contribution in [3.05, 3.63) is 0 Å². The zero-order chi connectivity index (χ0) is 7.23. The number of nitrogens with one attached hydrogen (secondary N) is 2. The Labute approximate surface area is 62.1 Å². The fraction of sp³-hybridized carbons (Fsp3) is 1.00. The van der Waals surface area contributed by atoms with E-state index in [9.17, 15) is 0 Å². The van der Waals surface area contributed by atoms with Crippen molar-refractivity contribution >= 4 is 0 Å². The lowest BCUT2D eigenvalue weighted by atomic mass is 10.00. The first-order chi connectivity index (χ1) is 4.93. The van der Waals surface area contributed by atoms with Crippen molar-refractivity contribution in [3.8, 4) is 0 Å². The van der Waals surface area contributed by atoms with E-state index in [1.54, 1.807) is 7.05 Å². The molecule has 1 rings (SSSR count). The molecule has 1 aliphatic heterocycles. The lowest BCUT2D eigenvalue weighted by Gasteiger charge is -2.21. The maximum Gasteiger partial charge on any atom is 0.0711 e. The van der Waals surface area contributed by atoms with Crippen LogP contribution in [0.1, 0.15) is 12.8 Å². The molecule has 0 bridgehead atoms. The molecule has 0 unspecified atom stereocenters. The third kappa shape index (κ3) is 2.64. The molecule has 1 aliphatic rings. The van der Waals surface area contributed by atoms with Gasteiger partial charge in [-0.05, 0) is 31.8 Å². The first-order valence-corrected chi connectivity index (χ1v) is 3.92. The van der Waals surface area contributed by atoms with Gasteiger partial charge in [-0.3, -0.25) is 0 Å². The number of rotatable bonds is 3. The van der Waals surface area contributed by atoms with Crippen LogP contribution in [0.3, 0.4) is 0 Å². The van der Waals surface area contributed by atoms with Crippen molar-refractivity contribution in [1.29, 1.82) is 0 Å². The number of hydroxylamine groups is 1. The van der Waals surface area contributed by atoms with Crippen LogP contribution >= 0.6 is 0 Å². The summed E-state index contributed by atoms with van der Waals surface area (Å²) < 4.78 is 0. The van der Waals surface area contributed by atoms with Gasteiger partial charge in [-0.15, -0.1) is 0 Å². The van der Waals surface area contributed by atoms with Gasteiger partial charge in [-0.1, -0.05) is 0 Å². The Morgan fingerprint density at radius 1 is 1.50 bits per heavy atom. The summed E-state index contributed by atoms with van der Waals surface area (Å²) in [6, 6.07) is 0. The highest BCUT2D eigenvalue weighted by Crippen LogP contribution is 2.10. The number of piperidine rings is 1. The maximum absolute atomic E-state index is 5.10. The molecule has 60 valence electrons. The van der Waals surface area contributed by atoms with Crippen molar-refractivity contribution in [2.75, 3.05) is 26.7 Å². The van der Waals surface area contributed by atoms with E-state index in [1.807, 2.05) is 0 Å². The minimum Gasteiger partial charge on any atom is -0.317 e. The van der Waals surface area contributed by atoms with Crippen LogP contribution in [0, 0.1) is 5.92 Å². The molecule has 0 aromatic carbocycles. The van der Waals surface area contributed by atoms with Gasteiger partial charge in [-0.25, -0.2) is 5.48 Å². The summed E-state index contributed by atoms with van der Waals surface area (Å²) in [5, 5.41) is 3.32. The minimum absolute atomic E-state index is 0.758. The van der Waals surface area contributed by atoms with E-state index in [4.69, 9.17) is 4.84 Å². The molecule has 0 radical (unpaired) electrons. The zero-order valence-corrected chi connectivity index (χ0v) is 6.52. The predicted molar refractivity (Wildman–Crippen MR) is 40.6 cm³/mol. The third-order valence-corrected chi connectivity index (χ3v) is 1.92. The lowest BCUT2D eigenvalue weighted by Crippen LogP contribution is -2.30. The molecule has 0 saturated carbocycles. The smallest absolute Gasteiger partial charge is 0.0711 e. The summed E-state index contributed by atoms with van der Waals surface area (Å²) in [5.74, 6) is 0.758. The van der Waals surface area contributed by atoms with Gasteiger partial charge in [0.05, 0.1) is 6.61 Å². The molecule has 3 heteroatoms. The largest absolute Gasteiger partial charge is 0.317 e. The summed E-state index contributed by atoms with van der Waals surface area (Å²) >= 11 is 0. The molecular formula is C7H16N2O. The average Bonchev–Trinajstić information content (AvgIpc) is 2.03. The molecular weight excluding hydrogens is 128 g/mol. The first-order valence-electron chi connectivity index (χ1n) is 3.92. The second-order valence-electron chi connectivity index (χ2n) is 2.71. The average molecular weight is 144 g/mol. The highest BCUT2D eigenvalue weighted by Gasteiger charge is 2.12. The van der Waals surface area contributed by atoms with Crippen molar-refractivity contribution in [3.63, 3.8) is 0 Å². The van der Waals surface area contributed by atoms with Crippen LogP contribution in [-0.2, 0) is 4.84 Å². The fourth-order valence-corrected chi connectivity index (χ4v) is 1.25. The van der Waals surface area contributed by atoms with Crippen LogP contribution in [0.2, 0.25) is 0 Å². The Bertz CT molecular complexity index is 81.7. The van der Waals surface area contributed by atoms with Crippen LogP contribution in [0.15, 0.2) is 0 Å². The topological polar surface area (TPSA) is 33.3 Å². The van der Waals surface area contributed by atoms with Gasteiger partial charge in [0.2, 0.25) is 0 Å². The molecule has 0 atom stereocenters. The van der Waals surface area contributed by atoms with Crippen molar-refractivity contribution < 1.29 is 4.84 Å². The Hall–Kier alpha value is -0.120. The first kappa shape index (κ1) is 7.98. The monoisotopic (exact) mass is 144 g/mol. The van der Waals surface area contributed by atoms with Crippen molar-refractivity contribution in [2.45, 2.75) is 12.8 Å². The SMILES string of the molecule is CNOCC1CCNCC1. The van der Waals surface area contributed by atoms with Crippen LogP contribution in [0.4, 0.5) is 0 Å². The van der Waals surface area contributed by atoms with Crippen LogP contribution in [0.5, 0.6) is 0 Å². The summed E-state index contributed by atoms with van der Waals surface area (Å²) in [6.07, 6.45) is 2.50. The minimum atomic E-state index is 0.758. The summed E-state index contributed by atoms with van der Waals surface area (Å²) in [5.41, 5.74) is 2.69. The summed E-state index contributed by atoms with van der Waals surface area (Å²) in [6.45, 7) is 3.16. The molecule has 0 spiro atoms. The molecule has 0 aliphatic carbocycles. The van der Waals surface area contributed by atoms with Crippen LogP contribution < -0.4 is 10.8 Å². The van der Waals surface area contributed by atoms with E-state index in [-0.39, 0.29) is 0 Å². The molecule has 3 nitrogen and oxygen atoms in total. The Kier molecular flexibility index (Phi) is 3.72. The lowest BCUT2D eigenvalue weighted by molar-refractivity contribution is 0.0245. The molecule has 0 aromatic rings. The van der Waals surface area contributed by atoms with Crippen molar-refractivity contribution in [1.82, 2.24) is 10.8 Å². The zero-order valence-electron chi connectivity index (χ0n) is 6.52. The van der Waals surface area contributed by atoms with Gasteiger partial charge < -0.3 is 10.2 Å². The van der Waals surface area contributed by atoms with Crippen molar-refractivity contribution in [2.24, 2.45) is 5.92 Å². The molecule has 1 saturated heterocycles. The predicted octanol–water partition coefficient (Wildman–Crippen LogP) is 0.137. The fourth-order valence-electron chi connectivity index (χ4n) is 1.25. The molecule has 1 fully saturated rings. The second kappa shape index (κ2) is 4.66. The molecule has 1 heterocycles. The normalized spacial score (nSPS) is 21.3. The molecule has 0 amide bonds. The Morgan fingerprint density at radius 3 is 2.80 bits per heavy atom. The van der Waals surface area contributed by atoms with E-state index < -0.39 is 0 Å². The van der Waals surface area contributed by atoms with Gasteiger partial charge in [0.1, 0.15) is 0 Å². The van der Waals surface area contributed by atoms with Crippen LogP contribution in [0.25, 0.3) is 0 Å². The summed E-state index contributed by atoms with van der Waals surface area (Å²) in [4.78, 5) is 5.10. The highest BCUT2D eigenvalue weighted by atomic mass is 16.6. The summed E-state index contributed by atoms with van der Waals surface area (Å²) in [7, 11) is 1.81. The molecule has 0 aromatic heterocycles. The molecule has 2 N–H and O–H groups in total. The molecule has 10 heavy (non-hydrogen) atoms. The number of hydrogen-bond donors (Lipinski definition) is 2. The quantitative estimate of drug-likeness (QED) is 0.553. The van der Waals surface area contributed by atoms with Gasteiger partial charge in [-0.2, -0.15) is 0 Å². The van der Waals surface area contributed by atoms with E-state index in [2.05, 4.69) is 10.8 Å². The van der Waals surface area contributed by atoms with Gasteiger partial charge >= 0.3 is 0 Å². The highest BCUT2D eigenvalue weighted by molar-refractivity contribution is 4.67. The van der Waals surface area contributed by atoms with Gasteiger partial charge in [0, 0.05) is 7.05 Å². The Balaban J connectivity index is 2.02. The second-order valence-corrected chi connectivity index (χ2v) is 2.71. The maximum atomic E-state index is 5.10. The van der Waals surface area contributed by atoms with Gasteiger partial charge in [0.25, 0.3) is 0 Å². The van der Waals surface area contributed by atoms with E-state index >= 15 is 0 Å². The van der Waals surface area contributed by atoms with E-state index in [0.29, 0.717) is 0 Å². The standard InChI is InChI=1S/C7H16N2O/c1-8-10-6-7-2-4-9-5-3-7/h7-9H,2-6H2,1H3. The van der Waals surface area contributed by atoms with Crippen LogP contribution in [-0.4, -0.2) is 26.7 Å². The van der Waals surface area contributed by atoms with E-state index in [0.717, 1.165) is 25.6 Å². The Morgan fingerprint density at radius 2 is 2.20 bits per heavy atom. The third-order valence-electron chi connectivity index (χ3n) is 1.92. The van der Waals surface area contributed by atoms with E-state index in [1.165, 1.54) is 12.8 Å².